The summed E-state index contributed by atoms with van der Waals surface area (Å²) in [7, 11) is 0. The van der Waals surface area contributed by atoms with Crippen LogP contribution in [0.1, 0.15) is 55.5 Å². The Morgan fingerprint density at radius 3 is 2.21 bits per heavy atom. The third-order valence-electron chi connectivity index (χ3n) is 5.65. The van der Waals surface area contributed by atoms with Gasteiger partial charge in [0.25, 0.3) is 5.91 Å². The number of rotatable bonds is 11. The summed E-state index contributed by atoms with van der Waals surface area (Å²) >= 11 is 0. The predicted octanol–water partition coefficient (Wildman–Crippen LogP) is 4.66. The fourth-order valence-corrected chi connectivity index (χ4v) is 3.66. The van der Waals surface area contributed by atoms with Crippen molar-refractivity contribution in [2.45, 2.75) is 46.5 Å². The summed E-state index contributed by atoms with van der Waals surface area (Å²) in [5.74, 6) is -0.0498. The zero-order chi connectivity index (χ0) is 23.8. The van der Waals surface area contributed by atoms with Crippen molar-refractivity contribution in [3.63, 3.8) is 0 Å². The lowest BCUT2D eigenvalue weighted by molar-refractivity contribution is -0.117. The average molecular weight is 451 g/mol. The summed E-state index contributed by atoms with van der Waals surface area (Å²) < 4.78 is 0. The van der Waals surface area contributed by atoms with Crippen LogP contribution in [0, 0.1) is 12.8 Å². The molecule has 0 saturated heterocycles. The normalized spacial score (nSPS) is 12.7. The smallest absolute Gasteiger partial charge is 0.253 e. The van der Waals surface area contributed by atoms with Crippen LogP contribution in [0.3, 0.4) is 0 Å². The van der Waals surface area contributed by atoms with E-state index in [2.05, 4.69) is 29.8 Å². The summed E-state index contributed by atoms with van der Waals surface area (Å²) in [6.45, 7) is 7.51. The second kappa shape index (κ2) is 11.5. The van der Waals surface area contributed by atoms with Gasteiger partial charge in [-0.05, 0) is 68.5 Å². The largest absolute Gasteiger partial charge is 0.376 e. The van der Waals surface area contributed by atoms with Gasteiger partial charge in [0.2, 0.25) is 11.8 Å². The lowest BCUT2D eigenvalue weighted by Gasteiger charge is -2.21. The molecule has 0 aromatic heterocycles. The fourth-order valence-electron chi connectivity index (χ4n) is 3.66. The molecule has 2 aromatic rings. The second-order valence-corrected chi connectivity index (χ2v) is 8.52. The van der Waals surface area contributed by atoms with Crippen molar-refractivity contribution in [1.82, 2.24) is 4.90 Å². The lowest BCUT2D eigenvalue weighted by atomic mass is 10.1. The van der Waals surface area contributed by atoms with Gasteiger partial charge in [0.05, 0.1) is 6.54 Å². The highest BCUT2D eigenvalue weighted by Crippen LogP contribution is 2.31. The minimum atomic E-state index is -0.209. The van der Waals surface area contributed by atoms with Crippen LogP contribution in [-0.4, -0.2) is 42.3 Å². The molecule has 0 spiro atoms. The van der Waals surface area contributed by atoms with Crippen molar-refractivity contribution in [1.29, 1.82) is 0 Å². The van der Waals surface area contributed by atoms with Gasteiger partial charge >= 0.3 is 0 Å². The molecule has 0 bridgehead atoms. The molecule has 0 aliphatic heterocycles. The van der Waals surface area contributed by atoms with Crippen LogP contribution in [0.2, 0.25) is 0 Å². The van der Waals surface area contributed by atoms with Crippen molar-refractivity contribution >= 4 is 34.8 Å². The summed E-state index contributed by atoms with van der Waals surface area (Å²) in [4.78, 5) is 39.3. The standard InChI is InChI=1S/C26H34N4O3/c1-4-14-30(15-5-2)26(33)20-8-6-9-21(16-20)27-17-24(31)28-22-10-7-11-23(18(22)3)29-25(32)19-12-13-19/h6-11,16,19,27H,4-5,12-15,17H2,1-3H3,(H,28,31)(H,29,32). The molecule has 33 heavy (non-hydrogen) atoms. The Kier molecular flexibility index (Phi) is 8.46. The van der Waals surface area contributed by atoms with E-state index in [0.717, 1.165) is 44.3 Å². The molecule has 0 heterocycles. The van der Waals surface area contributed by atoms with E-state index >= 15 is 0 Å². The molecule has 1 saturated carbocycles. The van der Waals surface area contributed by atoms with Crippen molar-refractivity contribution in [3.8, 4) is 0 Å². The Morgan fingerprint density at radius 1 is 0.939 bits per heavy atom. The molecule has 176 valence electrons. The first kappa shape index (κ1) is 24.3. The minimum absolute atomic E-state index is 0.00693. The second-order valence-electron chi connectivity index (χ2n) is 8.52. The Balaban J connectivity index is 1.58. The van der Waals surface area contributed by atoms with Crippen LogP contribution in [0.4, 0.5) is 17.1 Å². The molecule has 2 aromatic carbocycles. The van der Waals surface area contributed by atoms with E-state index in [-0.39, 0.29) is 30.2 Å². The number of nitrogens with zero attached hydrogens (tertiary/aromatic N) is 1. The number of benzene rings is 2. The molecular formula is C26H34N4O3. The maximum Gasteiger partial charge on any atom is 0.253 e. The molecule has 3 rings (SSSR count). The van der Waals surface area contributed by atoms with Crippen LogP contribution >= 0.6 is 0 Å². The molecule has 0 radical (unpaired) electrons. The van der Waals surface area contributed by atoms with Crippen molar-refractivity contribution < 1.29 is 14.4 Å². The molecule has 0 unspecified atom stereocenters. The first-order valence-corrected chi connectivity index (χ1v) is 11.8. The minimum Gasteiger partial charge on any atom is -0.376 e. The van der Waals surface area contributed by atoms with Crippen LogP contribution in [0.5, 0.6) is 0 Å². The molecule has 1 aliphatic rings. The van der Waals surface area contributed by atoms with E-state index in [4.69, 9.17) is 0 Å². The zero-order valence-electron chi connectivity index (χ0n) is 19.7. The van der Waals surface area contributed by atoms with Gasteiger partial charge in [0.1, 0.15) is 0 Å². The van der Waals surface area contributed by atoms with E-state index in [1.165, 1.54) is 0 Å². The number of carbonyl (C=O) groups is 3. The maximum atomic E-state index is 12.8. The third-order valence-corrected chi connectivity index (χ3v) is 5.65. The van der Waals surface area contributed by atoms with Gasteiger partial charge in [-0.2, -0.15) is 0 Å². The third kappa shape index (κ3) is 6.81. The molecule has 3 N–H and O–H groups in total. The van der Waals surface area contributed by atoms with Gasteiger partial charge in [-0.1, -0.05) is 26.0 Å². The number of amides is 3. The summed E-state index contributed by atoms with van der Waals surface area (Å²) in [5.41, 5.74) is 3.52. The monoisotopic (exact) mass is 450 g/mol. The van der Waals surface area contributed by atoms with E-state index in [1.807, 2.05) is 42.2 Å². The SMILES string of the molecule is CCCN(CCC)C(=O)c1cccc(NCC(=O)Nc2cccc(NC(=O)C3CC3)c2C)c1. The Bertz CT molecular complexity index is 995. The highest BCUT2D eigenvalue weighted by Gasteiger charge is 2.29. The molecule has 3 amide bonds. The van der Waals surface area contributed by atoms with Crippen LogP contribution < -0.4 is 16.0 Å². The average Bonchev–Trinajstić information content (AvgIpc) is 3.65. The molecule has 7 nitrogen and oxygen atoms in total. The van der Waals surface area contributed by atoms with Crippen LogP contribution in [0.15, 0.2) is 42.5 Å². The molecule has 7 heteroatoms. The zero-order valence-corrected chi connectivity index (χ0v) is 19.7. The number of nitrogens with one attached hydrogen (secondary N) is 3. The lowest BCUT2D eigenvalue weighted by Crippen LogP contribution is -2.32. The van der Waals surface area contributed by atoms with Gasteiger partial charge in [0.15, 0.2) is 0 Å². The van der Waals surface area contributed by atoms with E-state index in [9.17, 15) is 14.4 Å². The molecule has 1 aliphatic carbocycles. The van der Waals surface area contributed by atoms with Crippen LogP contribution in [-0.2, 0) is 9.59 Å². The van der Waals surface area contributed by atoms with Gasteiger partial charge in [-0.25, -0.2) is 0 Å². The molecular weight excluding hydrogens is 416 g/mol. The summed E-state index contributed by atoms with van der Waals surface area (Å²) in [6, 6.07) is 12.7. The maximum absolute atomic E-state index is 12.8. The van der Waals surface area contributed by atoms with Gasteiger partial charge in [0, 0.05) is 41.6 Å². The Morgan fingerprint density at radius 2 is 1.58 bits per heavy atom. The number of anilines is 3. The van der Waals surface area contributed by atoms with Crippen LogP contribution in [0.25, 0.3) is 0 Å². The van der Waals surface area contributed by atoms with E-state index in [0.29, 0.717) is 22.6 Å². The number of hydrogen-bond acceptors (Lipinski definition) is 4. The van der Waals surface area contributed by atoms with E-state index < -0.39 is 0 Å². The van der Waals surface area contributed by atoms with Gasteiger partial charge in [-0.15, -0.1) is 0 Å². The predicted molar refractivity (Wildman–Crippen MR) is 133 cm³/mol. The van der Waals surface area contributed by atoms with Crippen molar-refractivity contribution in [2.75, 3.05) is 35.6 Å². The number of hydrogen-bond donors (Lipinski definition) is 3. The first-order valence-electron chi connectivity index (χ1n) is 11.8. The molecule has 1 fully saturated rings. The first-order chi connectivity index (χ1) is 15.9. The quantitative estimate of drug-likeness (QED) is 0.465. The summed E-state index contributed by atoms with van der Waals surface area (Å²) in [5, 5.41) is 8.95. The highest BCUT2D eigenvalue weighted by molar-refractivity contribution is 5.99. The Hall–Kier alpha value is -3.35. The van der Waals surface area contributed by atoms with Crippen molar-refractivity contribution in [3.05, 3.63) is 53.6 Å². The highest BCUT2D eigenvalue weighted by atomic mass is 16.2. The molecule has 0 atom stereocenters. The number of carbonyl (C=O) groups excluding carboxylic acids is 3. The van der Waals surface area contributed by atoms with Gasteiger partial charge < -0.3 is 20.9 Å². The topological polar surface area (TPSA) is 90.5 Å². The fraction of sp³-hybridized carbons (Fsp3) is 0.423. The Labute approximate surface area is 195 Å². The summed E-state index contributed by atoms with van der Waals surface area (Å²) in [6.07, 6.45) is 3.70. The van der Waals surface area contributed by atoms with Gasteiger partial charge in [-0.3, -0.25) is 14.4 Å². The van der Waals surface area contributed by atoms with Crippen molar-refractivity contribution in [2.24, 2.45) is 5.92 Å². The van der Waals surface area contributed by atoms with E-state index in [1.54, 1.807) is 12.1 Å².